The van der Waals surface area contributed by atoms with E-state index in [1.165, 1.54) is 5.69 Å². The van der Waals surface area contributed by atoms with E-state index in [9.17, 15) is 9.59 Å². The Kier molecular flexibility index (Phi) is 7.06. The standard InChI is InChI=1S/C26H33N5O3S/c1-19-21(31-15-17-35-25(31)29-19)18-30-13-9-26(10-14-30)8-4-5-11-27-23(32)20-6-2-3-7-22(20)34-16-12-28-24(26)33/h2-3,6-7,15,17H,4-5,8-14,16,18H2,1H3,(H,27,32)(H,28,33). The van der Waals surface area contributed by atoms with Gasteiger partial charge in [0, 0.05) is 24.7 Å². The third-order valence-electron chi connectivity index (χ3n) is 7.37. The van der Waals surface area contributed by atoms with Crippen LogP contribution in [-0.2, 0) is 11.3 Å². The van der Waals surface area contributed by atoms with Crippen LogP contribution in [0.15, 0.2) is 35.8 Å². The van der Waals surface area contributed by atoms with Gasteiger partial charge in [-0.1, -0.05) is 18.6 Å². The Morgan fingerprint density at radius 1 is 1.09 bits per heavy atom. The molecule has 186 valence electrons. The van der Waals surface area contributed by atoms with Crippen molar-refractivity contribution in [1.82, 2.24) is 24.9 Å². The van der Waals surface area contributed by atoms with Crippen molar-refractivity contribution < 1.29 is 14.3 Å². The minimum Gasteiger partial charge on any atom is -0.491 e. The number of imidazole rings is 1. The molecule has 2 aromatic heterocycles. The average Bonchev–Trinajstić information content (AvgIpc) is 3.44. The van der Waals surface area contributed by atoms with Gasteiger partial charge in [0.2, 0.25) is 5.91 Å². The van der Waals surface area contributed by atoms with Crippen LogP contribution < -0.4 is 15.4 Å². The van der Waals surface area contributed by atoms with Crippen molar-refractivity contribution in [2.24, 2.45) is 5.41 Å². The van der Waals surface area contributed by atoms with Gasteiger partial charge in [0.15, 0.2) is 4.96 Å². The lowest BCUT2D eigenvalue weighted by atomic mass is 9.73. The number of hydrogen-bond donors (Lipinski definition) is 2. The Hall–Kier alpha value is -2.91. The van der Waals surface area contributed by atoms with Gasteiger partial charge in [-0.05, 0) is 57.8 Å². The van der Waals surface area contributed by atoms with E-state index in [4.69, 9.17) is 4.74 Å². The van der Waals surface area contributed by atoms with E-state index in [0.717, 1.165) is 62.4 Å². The lowest BCUT2D eigenvalue weighted by Crippen LogP contribution is -2.49. The number of carbonyl (C=O) groups excluding carboxylic acids is 2. The molecule has 0 unspecified atom stereocenters. The van der Waals surface area contributed by atoms with Crippen LogP contribution >= 0.6 is 11.3 Å². The predicted molar refractivity (Wildman–Crippen MR) is 136 cm³/mol. The highest BCUT2D eigenvalue weighted by molar-refractivity contribution is 7.15. The molecule has 2 aliphatic heterocycles. The zero-order valence-corrected chi connectivity index (χ0v) is 21.0. The Labute approximate surface area is 209 Å². The van der Waals surface area contributed by atoms with E-state index < -0.39 is 0 Å². The first-order chi connectivity index (χ1) is 17.1. The second kappa shape index (κ2) is 10.4. The predicted octanol–water partition coefficient (Wildman–Crippen LogP) is 3.40. The lowest BCUT2D eigenvalue weighted by Gasteiger charge is -2.41. The first-order valence-electron chi connectivity index (χ1n) is 12.5. The number of fused-ring (bicyclic) bond motifs is 2. The van der Waals surface area contributed by atoms with Gasteiger partial charge in [0.25, 0.3) is 5.91 Å². The molecule has 1 fully saturated rings. The summed E-state index contributed by atoms with van der Waals surface area (Å²) in [4.78, 5) is 34.2. The van der Waals surface area contributed by atoms with Gasteiger partial charge in [0.05, 0.1) is 28.9 Å². The maximum Gasteiger partial charge on any atom is 0.255 e. The molecule has 1 saturated heterocycles. The van der Waals surface area contributed by atoms with Crippen molar-refractivity contribution >= 4 is 28.1 Å². The van der Waals surface area contributed by atoms with E-state index in [1.54, 1.807) is 23.5 Å². The SMILES string of the molecule is Cc1nc2sccn2c1CN1CCC2(CCCCNC(=O)c3ccccc3OCCNC2=O)CC1. The van der Waals surface area contributed by atoms with E-state index in [0.29, 0.717) is 31.0 Å². The van der Waals surface area contributed by atoms with Crippen LogP contribution in [0.25, 0.3) is 4.96 Å². The average molecular weight is 496 g/mol. The largest absolute Gasteiger partial charge is 0.491 e. The number of carbonyl (C=O) groups is 2. The van der Waals surface area contributed by atoms with Crippen LogP contribution in [-0.4, -0.2) is 58.9 Å². The number of nitrogens with one attached hydrogen (secondary N) is 2. The minimum atomic E-state index is -0.368. The number of rotatable bonds is 2. The summed E-state index contributed by atoms with van der Waals surface area (Å²) in [5, 5.41) is 8.21. The quantitative estimate of drug-likeness (QED) is 0.569. The molecule has 8 nitrogen and oxygen atoms in total. The Balaban J connectivity index is 1.24. The highest BCUT2D eigenvalue weighted by Gasteiger charge is 2.40. The van der Waals surface area contributed by atoms with Crippen molar-refractivity contribution in [3.63, 3.8) is 0 Å². The number of nitrogens with zero attached hydrogens (tertiary/aromatic N) is 3. The van der Waals surface area contributed by atoms with E-state index in [-0.39, 0.29) is 17.2 Å². The lowest BCUT2D eigenvalue weighted by molar-refractivity contribution is -0.134. The molecular formula is C26H33N5O3S. The molecular weight excluding hydrogens is 462 g/mol. The summed E-state index contributed by atoms with van der Waals surface area (Å²) in [6.45, 7) is 6.02. The second-order valence-electron chi connectivity index (χ2n) is 9.57. The number of ether oxygens (including phenoxy) is 1. The van der Waals surface area contributed by atoms with E-state index >= 15 is 0 Å². The van der Waals surface area contributed by atoms with Crippen LogP contribution in [0.3, 0.4) is 0 Å². The number of piperidine rings is 1. The number of aromatic nitrogens is 2. The highest BCUT2D eigenvalue weighted by atomic mass is 32.1. The van der Waals surface area contributed by atoms with Gasteiger partial charge >= 0.3 is 0 Å². The third kappa shape index (κ3) is 5.06. The molecule has 1 spiro atoms. The normalized spacial score (nSPS) is 20.0. The summed E-state index contributed by atoms with van der Waals surface area (Å²) in [5.74, 6) is 0.574. The van der Waals surface area contributed by atoms with Gasteiger partial charge in [-0.3, -0.25) is 18.9 Å². The molecule has 0 saturated carbocycles. The topological polar surface area (TPSA) is 88.0 Å². The fourth-order valence-electron chi connectivity index (χ4n) is 5.25. The Bertz CT molecular complexity index is 1190. The van der Waals surface area contributed by atoms with Crippen molar-refractivity contribution in [3.8, 4) is 5.75 Å². The van der Waals surface area contributed by atoms with Crippen molar-refractivity contribution in [3.05, 3.63) is 52.8 Å². The van der Waals surface area contributed by atoms with Gasteiger partial charge in [0.1, 0.15) is 12.4 Å². The third-order valence-corrected chi connectivity index (χ3v) is 8.13. The molecule has 0 aliphatic carbocycles. The van der Waals surface area contributed by atoms with Gasteiger partial charge in [-0.15, -0.1) is 11.3 Å². The Morgan fingerprint density at radius 3 is 2.77 bits per heavy atom. The number of para-hydroxylation sites is 1. The van der Waals surface area contributed by atoms with Gasteiger partial charge in [-0.25, -0.2) is 4.98 Å². The molecule has 2 N–H and O–H groups in total. The maximum absolute atomic E-state index is 13.4. The first-order valence-corrected chi connectivity index (χ1v) is 13.4. The smallest absolute Gasteiger partial charge is 0.255 e. The molecule has 2 amide bonds. The molecule has 35 heavy (non-hydrogen) atoms. The molecule has 3 aromatic rings. The molecule has 0 radical (unpaired) electrons. The van der Waals surface area contributed by atoms with Crippen LogP contribution in [0, 0.1) is 12.3 Å². The minimum absolute atomic E-state index is 0.111. The number of amides is 2. The maximum atomic E-state index is 13.4. The molecule has 5 rings (SSSR count). The zero-order chi connectivity index (χ0) is 24.3. The fraction of sp³-hybridized carbons (Fsp3) is 0.500. The van der Waals surface area contributed by atoms with E-state index in [2.05, 4.69) is 43.4 Å². The summed E-state index contributed by atoms with van der Waals surface area (Å²) in [6, 6.07) is 7.25. The zero-order valence-electron chi connectivity index (χ0n) is 20.2. The summed E-state index contributed by atoms with van der Waals surface area (Å²) in [6.07, 6.45) is 6.34. The number of benzene rings is 1. The summed E-state index contributed by atoms with van der Waals surface area (Å²) < 4.78 is 8.04. The van der Waals surface area contributed by atoms with Crippen LogP contribution in [0.2, 0.25) is 0 Å². The monoisotopic (exact) mass is 495 g/mol. The summed E-state index contributed by atoms with van der Waals surface area (Å²) in [5.41, 5.74) is 2.48. The fourth-order valence-corrected chi connectivity index (χ4v) is 6.03. The molecule has 9 heteroatoms. The van der Waals surface area contributed by atoms with Crippen molar-refractivity contribution in [2.75, 3.05) is 32.8 Å². The molecule has 4 heterocycles. The van der Waals surface area contributed by atoms with E-state index in [1.807, 2.05) is 12.1 Å². The summed E-state index contributed by atoms with van der Waals surface area (Å²) in [7, 11) is 0. The number of aryl methyl sites for hydroxylation is 1. The first kappa shape index (κ1) is 23.8. The van der Waals surface area contributed by atoms with Crippen molar-refractivity contribution in [2.45, 2.75) is 45.6 Å². The molecule has 0 atom stereocenters. The van der Waals surface area contributed by atoms with Gasteiger partial charge < -0.3 is 15.4 Å². The number of hydrogen-bond acceptors (Lipinski definition) is 6. The molecule has 1 aromatic carbocycles. The van der Waals surface area contributed by atoms with Crippen LogP contribution in [0.1, 0.15) is 53.8 Å². The van der Waals surface area contributed by atoms with Crippen LogP contribution in [0.4, 0.5) is 0 Å². The van der Waals surface area contributed by atoms with Gasteiger partial charge in [-0.2, -0.15) is 0 Å². The summed E-state index contributed by atoms with van der Waals surface area (Å²) >= 11 is 1.66. The molecule has 2 aliphatic rings. The number of likely N-dealkylation sites (tertiary alicyclic amines) is 1. The highest BCUT2D eigenvalue weighted by Crippen LogP contribution is 2.37. The number of thiazole rings is 1. The van der Waals surface area contributed by atoms with Crippen molar-refractivity contribution in [1.29, 1.82) is 0 Å². The second-order valence-corrected chi connectivity index (χ2v) is 10.4. The Morgan fingerprint density at radius 2 is 1.91 bits per heavy atom. The molecule has 0 bridgehead atoms. The van der Waals surface area contributed by atoms with Crippen LogP contribution in [0.5, 0.6) is 5.75 Å².